The lowest BCUT2D eigenvalue weighted by Crippen LogP contribution is -2.38. The molecule has 0 spiro atoms. The number of carbonyl (C=O) groups excluding carboxylic acids is 2. The minimum atomic E-state index is -0.341. The van der Waals surface area contributed by atoms with Crippen LogP contribution in [0, 0.1) is 0 Å². The van der Waals surface area contributed by atoms with E-state index in [4.69, 9.17) is 9.47 Å². The molecule has 1 N–H and O–H groups in total. The first-order valence-electron chi connectivity index (χ1n) is 7.56. The lowest BCUT2D eigenvalue weighted by atomic mass is 10.1. The monoisotopic (exact) mass is 331 g/mol. The number of fused-ring (bicyclic) bond motifs is 1. The second-order valence-electron chi connectivity index (χ2n) is 5.23. The van der Waals surface area contributed by atoms with Crippen LogP contribution in [0.2, 0.25) is 0 Å². The Morgan fingerprint density at radius 3 is 2.83 bits per heavy atom. The molecule has 1 aromatic carbocycles. The van der Waals surface area contributed by atoms with Crippen molar-refractivity contribution in [2.24, 2.45) is 0 Å². The number of ether oxygens (including phenoxy) is 2. The first-order valence-corrected chi connectivity index (χ1v) is 7.56. The van der Waals surface area contributed by atoms with Crippen LogP contribution in [0.1, 0.15) is 23.7 Å². The maximum Gasteiger partial charge on any atom is 0.254 e. The number of nitrogens with one attached hydrogen (secondary N) is 1. The highest BCUT2D eigenvalue weighted by atomic mass is 16.7. The van der Waals surface area contributed by atoms with Crippen molar-refractivity contribution in [3.63, 3.8) is 0 Å². The predicted octanol–water partition coefficient (Wildman–Crippen LogP) is 1.89. The summed E-state index contributed by atoms with van der Waals surface area (Å²) in [5.41, 5.74) is 0.446. The molecule has 2 heterocycles. The number of hydrogen-bond acceptors (Lipinski definition) is 6. The molecule has 3 rings (SSSR count). The molecule has 0 atom stereocenters. The average Bonchev–Trinajstić information content (AvgIpc) is 3.24. The third-order valence-electron chi connectivity index (χ3n) is 3.44. The van der Waals surface area contributed by atoms with Crippen molar-refractivity contribution in [2.45, 2.75) is 13.3 Å². The molecule has 1 aliphatic heterocycles. The smallest absolute Gasteiger partial charge is 0.254 e. The Bertz CT molecular complexity index is 729. The topological polar surface area (TPSA) is 93.9 Å². The van der Waals surface area contributed by atoms with Gasteiger partial charge in [-0.05, 0) is 24.6 Å². The molecule has 0 bridgehead atoms. The lowest BCUT2D eigenvalue weighted by molar-refractivity contribution is -0.116. The standard InChI is InChI=1S/C16H17N3O5/c1-2-6-19(9-15(20)17-14-5-7-24-18-14)16(21)11-3-4-12-13(8-11)23-10-22-12/h3-5,7-8H,2,6,9-10H2,1H3,(H,17,18,20). The van der Waals surface area contributed by atoms with Crippen LogP contribution in [0.15, 0.2) is 35.1 Å². The van der Waals surface area contributed by atoms with Crippen molar-refractivity contribution in [3.8, 4) is 11.5 Å². The van der Waals surface area contributed by atoms with Crippen molar-refractivity contribution >= 4 is 17.6 Å². The number of carbonyl (C=O) groups is 2. The molecule has 1 aliphatic rings. The highest BCUT2D eigenvalue weighted by Gasteiger charge is 2.22. The summed E-state index contributed by atoms with van der Waals surface area (Å²) in [6, 6.07) is 6.51. The van der Waals surface area contributed by atoms with Crippen LogP contribution >= 0.6 is 0 Å². The minimum absolute atomic E-state index is 0.0754. The van der Waals surface area contributed by atoms with E-state index >= 15 is 0 Å². The Morgan fingerprint density at radius 2 is 2.08 bits per heavy atom. The van der Waals surface area contributed by atoms with Gasteiger partial charge in [0.25, 0.3) is 5.91 Å². The fraction of sp³-hybridized carbons (Fsp3) is 0.312. The van der Waals surface area contributed by atoms with E-state index in [1.54, 1.807) is 18.2 Å². The molecule has 8 heteroatoms. The minimum Gasteiger partial charge on any atom is -0.454 e. The summed E-state index contributed by atoms with van der Waals surface area (Å²) in [5.74, 6) is 0.866. The summed E-state index contributed by atoms with van der Waals surface area (Å²) in [6.45, 7) is 2.47. The van der Waals surface area contributed by atoms with Crippen LogP contribution in [0.4, 0.5) is 5.82 Å². The number of amides is 2. The molecule has 0 radical (unpaired) electrons. The summed E-state index contributed by atoms with van der Waals surface area (Å²) in [6.07, 6.45) is 2.09. The molecule has 8 nitrogen and oxygen atoms in total. The van der Waals surface area contributed by atoms with Crippen molar-refractivity contribution < 1.29 is 23.6 Å². The Hall–Kier alpha value is -3.03. The Morgan fingerprint density at radius 1 is 1.25 bits per heavy atom. The van der Waals surface area contributed by atoms with E-state index in [1.165, 1.54) is 17.2 Å². The number of rotatable bonds is 6. The summed E-state index contributed by atoms with van der Waals surface area (Å²) >= 11 is 0. The fourth-order valence-electron chi connectivity index (χ4n) is 2.37. The van der Waals surface area contributed by atoms with Gasteiger partial charge in [0.2, 0.25) is 12.7 Å². The van der Waals surface area contributed by atoms with Crippen LogP contribution in [0.5, 0.6) is 11.5 Å². The van der Waals surface area contributed by atoms with Crippen molar-refractivity contribution in [1.29, 1.82) is 0 Å². The van der Waals surface area contributed by atoms with Crippen molar-refractivity contribution in [3.05, 3.63) is 36.1 Å². The zero-order chi connectivity index (χ0) is 16.9. The average molecular weight is 331 g/mol. The van der Waals surface area contributed by atoms with E-state index in [9.17, 15) is 9.59 Å². The van der Waals surface area contributed by atoms with Crippen LogP contribution in [0.25, 0.3) is 0 Å². The number of nitrogens with zero attached hydrogens (tertiary/aromatic N) is 2. The molecule has 0 unspecified atom stereocenters. The SMILES string of the molecule is CCCN(CC(=O)Nc1ccon1)C(=O)c1ccc2c(c1)OCO2. The largest absolute Gasteiger partial charge is 0.454 e. The molecule has 0 fully saturated rings. The molecular formula is C16H17N3O5. The summed E-state index contributed by atoms with van der Waals surface area (Å²) in [5, 5.41) is 6.19. The van der Waals surface area contributed by atoms with Crippen LogP contribution < -0.4 is 14.8 Å². The van der Waals surface area contributed by atoms with Gasteiger partial charge in [0.15, 0.2) is 17.3 Å². The zero-order valence-electron chi connectivity index (χ0n) is 13.2. The van der Waals surface area contributed by atoms with E-state index < -0.39 is 0 Å². The molecule has 1 aromatic heterocycles. The zero-order valence-corrected chi connectivity index (χ0v) is 13.2. The van der Waals surface area contributed by atoms with Gasteiger partial charge in [0.05, 0.1) is 0 Å². The highest BCUT2D eigenvalue weighted by molar-refractivity contribution is 5.99. The molecule has 2 aromatic rings. The van der Waals surface area contributed by atoms with Gasteiger partial charge in [-0.25, -0.2) is 0 Å². The number of hydrogen-bond donors (Lipinski definition) is 1. The molecular weight excluding hydrogens is 314 g/mol. The lowest BCUT2D eigenvalue weighted by Gasteiger charge is -2.21. The van der Waals surface area contributed by atoms with E-state index in [1.807, 2.05) is 6.92 Å². The maximum absolute atomic E-state index is 12.7. The molecule has 126 valence electrons. The summed E-state index contributed by atoms with van der Waals surface area (Å²) in [4.78, 5) is 26.3. The third-order valence-corrected chi connectivity index (χ3v) is 3.44. The summed E-state index contributed by atoms with van der Waals surface area (Å²) < 4.78 is 15.2. The first-order chi connectivity index (χ1) is 11.7. The predicted molar refractivity (Wildman–Crippen MR) is 83.9 cm³/mol. The van der Waals surface area contributed by atoms with E-state index in [0.29, 0.717) is 29.4 Å². The highest BCUT2D eigenvalue weighted by Crippen LogP contribution is 2.32. The first kappa shape index (κ1) is 15.9. The Labute approximate surface area is 138 Å². The molecule has 0 saturated carbocycles. The summed E-state index contributed by atoms with van der Waals surface area (Å²) in [7, 11) is 0. The van der Waals surface area contributed by atoms with Crippen molar-refractivity contribution in [2.75, 3.05) is 25.2 Å². The third kappa shape index (κ3) is 3.48. The van der Waals surface area contributed by atoms with Crippen LogP contribution in [-0.2, 0) is 4.79 Å². The number of anilines is 1. The van der Waals surface area contributed by atoms with Gasteiger partial charge < -0.3 is 24.2 Å². The molecule has 0 saturated heterocycles. The molecule has 24 heavy (non-hydrogen) atoms. The van der Waals surface area contributed by atoms with Crippen LogP contribution in [-0.4, -0.2) is 41.8 Å². The molecule has 2 amide bonds. The van der Waals surface area contributed by atoms with Gasteiger partial charge in [-0.2, -0.15) is 0 Å². The Balaban J connectivity index is 1.70. The van der Waals surface area contributed by atoms with Gasteiger partial charge in [-0.1, -0.05) is 12.1 Å². The van der Waals surface area contributed by atoms with Crippen molar-refractivity contribution in [1.82, 2.24) is 10.1 Å². The van der Waals surface area contributed by atoms with Gasteiger partial charge in [-0.15, -0.1) is 0 Å². The van der Waals surface area contributed by atoms with E-state index in [2.05, 4.69) is 15.0 Å². The quantitative estimate of drug-likeness (QED) is 0.869. The normalized spacial score (nSPS) is 12.0. The van der Waals surface area contributed by atoms with E-state index in [-0.39, 0.29) is 25.2 Å². The van der Waals surface area contributed by atoms with Gasteiger partial charge in [-0.3, -0.25) is 9.59 Å². The number of aromatic nitrogens is 1. The van der Waals surface area contributed by atoms with Crippen LogP contribution in [0.3, 0.4) is 0 Å². The molecule has 0 aliphatic carbocycles. The second-order valence-corrected chi connectivity index (χ2v) is 5.23. The fourth-order valence-corrected chi connectivity index (χ4v) is 2.37. The maximum atomic E-state index is 12.7. The second kappa shape index (κ2) is 7.03. The Kier molecular flexibility index (Phi) is 4.64. The van der Waals surface area contributed by atoms with Gasteiger partial charge in [0.1, 0.15) is 12.8 Å². The van der Waals surface area contributed by atoms with E-state index in [0.717, 1.165) is 6.42 Å². The van der Waals surface area contributed by atoms with Gasteiger partial charge >= 0.3 is 0 Å². The number of benzene rings is 1. The van der Waals surface area contributed by atoms with Gasteiger partial charge in [0, 0.05) is 18.2 Å².